The van der Waals surface area contributed by atoms with E-state index in [1.54, 1.807) is 12.5 Å². The molecule has 0 saturated carbocycles. The first-order valence-corrected chi connectivity index (χ1v) is 5.93. The van der Waals surface area contributed by atoms with Gasteiger partial charge >= 0.3 is 0 Å². The summed E-state index contributed by atoms with van der Waals surface area (Å²) in [4.78, 5) is 8.74. The number of rotatable bonds is 1. The van der Waals surface area contributed by atoms with E-state index in [1.807, 2.05) is 46.9 Å². The molecule has 3 heterocycles. The number of benzene rings is 1. The van der Waals surface area contributed by atoms with Crippen molar-refractivity contribution in [3.8, 4) is 11.3 Å². The third-order valence-electron chi connectivity index (χ3n) is 3.03. The lowest BCUT2D eigenvalue weighted by molar-refractivity contribution is 1.02. The molecule has 5 heteroatoms. The number of imidazole rings is 1. The van der Waals surface area contributed by atoms with Gasteiger partial charge in [0.1, 0.15) is 11.8 Å². The molecule has 0 saturated heterocycles. The summed E-state index contributed by atoms with van der Waals surface area (Å²) in [5.41, 5.74) is 4.21. The van der Waals surface area contributed by atoms with E-state index in [0.29, 0.717) is 5.65 Å². The molecule has 0 aliphatic rings. The van der Waals surface area contributed by atoms with E-state index in [-0.39, 0.29) is 0 Å². The van der Waals surface area contributed by atoms with Crippen LogP contribution < -0.4 is 0 Å². The van der Waals surface area contributed by atoms with Gasteiger partial charge in [0.15, 0.2) is 11.3 Å². The van der Waals surface area contributed by atoms with Gasteiger partial charge < -0.3 is 0 Å². The zero-order valence-electron chi connectivity index (χ0n) is 9.93. The van der Waals surface area contributed by atoms with Gasteiger partial charge in [-0.2, -0.15) is 0 Å². The second kappa shape index (κ2) is 3.84. The first-order chi connectivity index (χ1) is 9.42. The maximum atomic E-state index is 4.67. The van der Waals surface area contributed by atoms with Crippen molar-refractivity contribution >= 4 is 16.8 Å². The smallest absolute Gasteiger partial charge is 0.180 e. The van der Waals surface area contributed by atoms with Crippen LogP contribution in [-0.4, -0.2) is 24.6 Å². The molecule has 0 amide bonds. The topological polar surface area (TPSA) is 56.0 Å². The largest absolute Gasteiger partial charge is 0.264 e. The molecule has 4 rings (SSSR count). The van der Waals surface area contributed by atoms with E-state index in [4.69, 9.17) is 0 Å². The average Bonchev–Trinajstić information content (AvgIpc) is 2.96. The quantitative estimate of drug-likeness (QED) is 0.518. The molecule has 3 aromatic heterocycles. The van der Waals surface area contributed by atoms with Gasteiger partial charge in [-0.25, -0.2) is 9.97 Å². The second-order valence-electron chi connectivity index (χ2n) is 4.23. The highest BCUT2D eigenvalue weighted by Crippen LogP contribution is 2.19. The molecule has 0 unspecified atom stereocenters. The SMILES string of the molecule is c1ccc(-c2ccc3nnc4cncn4c3n2)cc1. The third-order valence-corrected chi connectivity index (χ3v) is 3.03. The Balaban J connectivity index is 2.04. The van der Waals surface area contributed by atoms with Crippen molar-refractivity contribution in [1.29, 1.82) is 0 Å². The van der Waals surface area contributed by atoms with Crippen LogP contribution in [0.5, 0.6) is 0 Å². The standard InChI is InChI=1S/C14H9N5/c1-2-4-10(5-3-1)11-6-7-12-14(16-11)19-9-15-8-13(19)18-17-12/h1-9H. The molecule has 0 radical (unpaired) electrons. The van der Waals surface area contributed by atoms with Gasteiger partial charge in [0.2, 0.25) is 0 Å². The van der Waals surface area contributed by atoms with Crippen LogP contribution in [0, 0.1) is 0 Å². The predicted molar refractivity (Wildman–Crippen MR) is 71.5 cm³/mol. The van der Waals surface area contributed by atoms with Crippen LogP contribution in [0.15, 0.2) is 55.0 Å². The molecule has 5 nitrogen and oxygen atoms in total. The van der Waals surface area contributed by atoms with Gasteiger partial charge in [-0.15, -0.1) is 10.2 Å². The number of nitrogens with zero attached hydrogens (tertiary/aromatic N) is 5. The highest BCUT2D eigenvalue weighted by molar-refractivity contribution is 5.76. The lowest BCUT2D eigenvalue weighted by atomic mass is 10.1. The Morgan fingerprint density at radius 1 is 0.895 bits per heavy atom. The van der Waals surface area contributed by atoms with Gasteiger partial charge in [0.25, 0.3) is 0 Å². The van der Waals surface area contributed by atoms with Crippen molar-refractivity contribution in [2.45, 2.75) is 0 Å². The summed E-state index contributed by atoms with van der Waals surface area (Å²) in [5, 5.41) is 8.23. The monoisotopic (exact) mass is 247 g/mol. The Bertz CT molecular complexity index is 867. The zero-order chi connectivity index (χ0) is 12.7. The Labute approximate surface area is 108 Å². The van der Waals surface area contributed by atoms with E-state index in [1.165, 1.54) is 0 Å². The molecule has 0 atom stereocenters. The molecular formula is C14H9N5. The lowest BCUT2D eigenvalue weighted by Gasteiger charge is -2.03. The molecular weight excluding hydrogens is 238 g/mol. The average molecular weight is 247 g/mol. The summed E-state index contributed by atoms with van der Waals surface area (Å²) in [6.07, 6.45) is 3.37. The van der Waals surface area contributed by atoms with Crippen LogP contribution in [0.4, 0.5) is 0 Å². The summed E-state index contributed by atoms with van der Waals surface area (Å²) in [5.74, 6) is 0. The zero-order valence-corrected chi connectivity index (χ0v) is 9.93. The molecule has 0 spiro atoms. The van der Waals surface area contributed by atoms with E-state index in [0.717, 1.165) is 22.4 Å². The normalized spacial score (nSPS) is 11.2. The van der Waals surface area contributed by atoms with Crippen LogP contribution in [0.25, 0.3) is 28.1 Å². The highest BCUT2D eigenvalue weighted by atomic mass is 15.2. The van der Waals surface area contributed by atoms with E-state index in [9.17, 15) is 0 Å². The minimum Gasteiger partial charge on any atom is -0.264 e. The fourth-order valence-corrected chi connectivity index (χ4v) is 2.10. The van der Waals surface area contributed by atoms with Gasteiger partial charge in [0, 0.05) is 5.56 Å². The highest BCUT2D eigenvalue weighted by Gasteiger charge is 2.06. The Morgan fingerprint density at radius 3 is 2.68 bits per heavy atom. The first kappa shape index (κ1) is 10.1. The van der Waals surface area contributed by atoms with Crippen LogP contribution in [0.2, 0.25) is 0 Å². The number of hydrogen-bond donors (Lipinski definition) is 0. The number of pyridine rings is 1. The van der Waals surface area contributed by atoms with Crippen molar-refractivity contribution in [2.75, 3.05) is 0 Å². The molecule has 1 aromatic carbocycles. The van der Waals surface area contributed by atoms with E-state index >= 15 is 0 Å². The maximum absolute atomic E-state index is 4.67. The number of aromatic nitrogens is 5. The molecule has 0 N–H and O–H groups in total. The minimum atomic E-state index is 0.699. The molecule has 90 valence electrons. The number of hydrogen-bond acceptors (Lipinski definition) is 4. The van der Waals surface area contributed by atoms with Crippen LogP contribution >= 0.6 is 0 Å². The summed E-state index contributed by atoms with van der Waals surface area (Å²) < 4.78 is 1.84. The Morgan fingerprint density at radius 2 is 1.79 bits per heavy atom. The van der Waals surface area contributed by atoms with Crippen molar-refractivity contribution in [3.05, 3.63) is 55.0 Å². The van der Waals surface area contributed by atoms with Crippen LogP contribution in [0.3, 0.4) is 0 Å². The van der Waals surface area contributed by atoms with Crippen molar-refractivity contribution < 1.29 is 0 Å². The molecule has 0 fully saturated rings. The van der Waals surface area contributed by atoms with E-state index in [2.05, 4.69) is 20.2 Å². The molecule has 0 aliphatic carbocycles. The first-order valence-electron chi connectivity index (χ1n) is 5.93. The summed E-state index contributed by atoms with van der Waals surface area (Å²) >= 11 is 0. The number of fused-ring (bicyclic) bond motifs is 3. The summed E-state index contributed by atoms with van der Waals surface area (Å²) in [6, 6.07) is 13.9. The molecule has 0 bridgehead atoms. The summed E-state index contributed by atoms with van der Waals surface area (Å²) in [7, 11) is 0. The fourth-order valence-electron chi connectivity index (χ4n) is 2.10. The predicted octanol–water partition coefficient (Wildman–Crippen LogP) is 2.34. The van der Waals surface area contributed by atoms with E-state index < -0.39 is 0 Å². The van der Waals surface area contributed by atoms with Crippen molar-refractivity contribution in [2.24, 2.45) is 0 Å². The van der Waals surface area contributed by atoms with Gasteiger partial charge in [0.05, 0.1) is 11.9 Å². The van der Waals surface area contributed by atoms with Crippen LogP contribution in [-0.2, 0) is 0 Å². The lowest BCUT2D eigenvalue weighted by Crippen LogP contribution is -1.97. The molecule has 19 heavy (non-hydrogen) atoms. The maximum Gasteiger partial charge on any atom is 0.180 e. The Kier molecular flexibility index (Phi) is 2.05. The molecule has 0 aliphatic heterocycles. The fraction of sp³-hybridized carbons (Fsp3) is 0. The summed E-state index contributed by atoms with van der Waals surface area (Å²) in [6.45, 7) is 0. The van der Waals surface area contributed by atoms with Crippen molar-refractivity contribution in [1.82, 2.24) is 24.6 Å². The second-order valence-corrected chi connectivity index (χ2v) is 4.23. The van der Waals surface area contributed by atoms with Crippen LogP contribution in [0.1, 0.15) is 0 Å². The van der Waals surface area contributed by atoms with Gasteiger partial charge in [-0.1, -0.05) is 30.3 Å². The molecule has 4 aromatic rings. The van der Waals surface area contributed by atoms with Crippen molar-refractivity contribution in [3.63, 3.8) is 0 Å². The van der Waals surface area contributed by atoms with Gasteiger partial charge in [-0.3, -0.25) is 4.40 Å². The minimum absolute atomic E-state index is 0.699. The van der Waals surface area contributed by atoms with Gasteiger partial charge in [-0.05, 0) is 12.1 Å². The Hall–Kier alpha value is -2.82. The third kappa shape index (κ3) is 1.55.